The molecule has 0 aromatic heterocycles. The molecule has 0 heterocycles. The number of benzene rings is 1. The lowest BCUT2D eigenvalue weighted by Crippen LogP contribution is -2.34. The predicted molar refractivity (Wildman–Crippen MR) is 73.7 cm³/mol. The van der Waals surface area contributed by atoms with Crippen LogP contribution in [0.4, 0.5) is 0 Å². The van der Waals surface area contributed by atoms with E-state index in [2.05, 4.69) is 0 Å². The van der Waals surface area contributed by atoms with Gasteiger partial charge in [0.05, 0.1) is 18.1 Å². The molecule has 1 saturated carbocycles. The fraction of sp³-hybridized carbons (Fsp3) is 0.562. The van der Waals surface area contributed by atoms with Gasteiger partial charge >= 0.3 is 5.97 Å². The van der Waals surface area contributed by atoms with Crippen molar-refractivity contribution in [1.29, 1.82) is 0 Å². The minimum Gasteiger partial charge on any atom is -0.466 e. The van der Waals surface area contributed by atoms with Gasteiger partial charge in [-0.2, -0.15) is 0 Å². The van der Waals surface area contributed by atoms with Gasteiger partial charge in [-0.1, -0.05) is 29.8 Å². The molecule has 1 aromatic carbocycles. The topological polar surface area (TPSA) is 46.5 Å². The van der Waals surface area contributed by atoms with E-state index in [-0.39, 0.29) is 11.9 Å². The van der Waals surface area contributed by atoms with Crippen molar-refractivity contribution in [2.75, 3.05) is 6.61 Å². The van der Waals surface area contributed by atoms with Crippen LogP contribution in [0.3, 0.4) is 0 Å². The summed E-state index contributed by atoms with van der Waals surface area (Å²) >= 11 is 0. The average Bonchev–Trinajstić information content (AvgIpc) is 2.40. The van der Waals surface area contributed by atoms with Crippen molar-refractivity contribution in [1.82, 2.24) is 0 Å². The molecule has 0 aliphatic heterocycles. The van der Waals surface area contributed by atoms with Gasteiger partial charge in [0, 0.05) is 0 Å². The van der Waals surface area contributed by atoms with E-state index in [9.17, 15) is 9.90 Å². The molecule has 1 fully saturated rings. The molecule has 2 rings (SSSR count). The smallest absolute Gasteiger partial charge is 0.308 e. The highest BCUT2D eigenvalue weighted by molar-refractivity contribution is 5.72. The van der Waals surface area contributed by atoms with Crippen molar-refractivity contribution in [3.05, 3.63) is 35.4 Å². The van der Waals surface area contributed by atoms with Crippen LogP contribution in [-0.2, 0) is 15.1 Å². The first kappa shape index (κ1) is 14.1. The van der Waals surface area contributed by atoms with E-state index >= 15 is 0 Å². The third kappa shape index (κ3) is 3.16. The lowest BCUT2D eigenvalue weighted by atomic mass is 9.75. The van der Waals surface area contributed by atoms with Gasteiger partial charge in [-0.3, -0.25) is 4.79 Å². The second kappa shape index (κ2) is 5.74. The second-order valence-electron chi connectivity index (χ2n) is 5.43. The molecule has 1 aliphatic rings. The Morgan fingerprint density at radius 3 is 2.68 bits per heavy atom. The van der Waals surface area contributed by atoms with Crippen LogP contribution in [0, 0.1) is 12.8 Å². The number of hydrogen-bond donors (Lipinski definition) is 1. The molecule has 0 spiro atoms. The van der Waals surface area contributed by atoms with E-state index in [0.717, 1.165) is 11.1 Å². The van der Waals surface area contributed by atoms with Crippen molar-refractivity contribution >= 4 is 5.97 Å². The van der Waals surface area contributed by atoms with Gasteiger partial charge in [-0.25, -0.2) is 0 Å². The maximum Gasteiger partial charge on any atom is 0.308 e. The first-order chi connectivity index (χ1) is 9.05. The molecule has 0 radical (unpaired) electrons. The van der Waals surface area contributed by atoms with Crippen molar-refractivity contribution in [3.8, 4) is 0 Å². The molecule has 1 aliphatic carbocycles. The highest BCUT2D eigenvalue weighted by Crippen LogP contribution is 2.40. The van der Waals surface area contributed by atoms with Gasteiger partial charge < -0.3 is 9.84 Å². The monoisotopic (exact) mass is 262 g/mol. The Kier molecular flexibility index (Phi) is 4.25. The number of aliphatic hydroxyl groups is 1. The van der Waals surface area contributed by atoms with Gasteiger partial charge in [0.25, 0.3) is 0 Å². The maximum absolute atomic E-state index is 11.7. The normalized spacial score (nSPS) is 27.0. The van der Waals surface area contributed by atoms with Crippen LogP contribution in [0.5, 0.6) is 0 Å². The molecule has 0 amide bonds. The van der Waals surface area contributed by atoms with Crippen LogP contribution in [0.15, 0.2) is 24.3 Å². The van der Waals surface area contributed by atoms with Crippen molar-refractivity contribution in [2.45, 2.75) is 45.1 Å². The number of carbonyl (C=O) groups is 1. The molecular weight excluding hydrogens is 240 g/mol. The number of aryl methyl sites for hydroxylation is 1. The first-order valence-electron chi connectivity index (χ1n) is 7.01. The van der Waals surface area contributed by atoms with E-state index in [1.807, 2.05) is 38.1 Å². The van der Waals surface area contributed by atoms with Crippen molar-refractivity contribution in [2.24, 2.45) is 5.92 Å². The Hall–Kier alpha value is -1.35. The minimum absolute atomic E-state index is 0.0509. The molecule has 1 aromatic rings. The van der Waals surface area contributed by atoms with Crippen LogP contribution < -0.4 is 0 Å². The quantitative estimate of drug-likeness (QED) is 0.852. The fourth-order valence-corrected chi connectivity index (χ4v) is 2.81. The summed E-state index contributed by atoms with van der Waals surface area (Å²) in [5.41, 5.74) is 1.34. The fourth-order valence-electron chi connectivity index (χ4n) is 2.81. The summed E-state index contributed by atoms with van der Waals surface area (Å²) in [6, 6.07) is 8.00. The Labute approximate surface area is 114 Å². The first-order valence-corrected chi connectivity index (χ1v) is 7.01. The zero-order valence-corrected chi connectivity index (χ0v) is 11.7. The van der Waals surface area contributed by atoms with E-state index < -0.39 is 5.60 Å². The summed E-state index contributed by atoms with van der Waals surface area (Å²) in [7, 11) is 0. The molecule has 0 bridgehead atoms. The van der Waals surface area contributed by atoms with Gasteiger partial charge in [-0.15, -0.1) is 0 Å². The summed E-state index contributed by atoms with van der Waals surface area (Å²) in [6.45, 7) is 4.28. The van der Waals surface area contributed by atoms with Crippen molar-refractivity contribution in [3.63, 3.8) is 0 Å². The Balaban J connectivity index is 2.04. The molecule has 3 heteroatoms. The minimum atomic E-state index is -0.783. The molecule has 19 heavy (non-hydrogen) atoms. The number of rotatable bonds is 3. The van der Waals surface area contributed by atoms with Gasteiger partial charge in [-0.05, 0) is 45.1 Å². The second-order valence-corrected chi connectivity index (χ2v) is 5.43. The van der Waals surface area contributed by atoms with E-state index in [1.165, 1.54) is 0 Å². The van der Waals surface area contributed by atoms with Gasteiger partial charge in [0.15, 0.2) is 0 Å². The van der Waals surface area contributed by atoms with Crippen molar-refractivity contribution < 1.29 is 14.6 Å². The largest absolute Gasteiger partial charge is 0.466 e. The maximum atomic E-state index is 11.7. The SMILES string of the molecule is CCOC(=O)C1CCC(O)(c2cccc(C)c2)CC1. The summed E-state index contributed by atoms with van der Waals surface area (Å²) in [5.74, 6) is -0.168. The van der Waals surface area contributed by atoms with Gasteiger partial charge in [0.1, 0.15) is 0 Å². The van der Waals surface area contributed by atoms with Crippen LogP contribution in [0.1, 0.15) is 43.7 Å². The zero-order valence-electron chi connectivity index (χ0n) is 11.7. The molecule has 0 unspecified atom stereocenters. The van der Waals surface area contributed by atoms with Crippen LogP contribution >= 0.6 is 0 Å². The number of hydrogen-bond acceptors (Lipinski definition) is 3. The zero-order chi connectivity index (χ0) is 13.9. The molecule has 0 atom stereocenters. The molecule has 1 N–H and O–H groups in total. The Morgan fingerprint density at radius 1 is 1.42 bits per heavy atom. The standard InChI is InChI=1S/C16H22O3/c1-3-19-15(17)13-7-9-16(18,10-8-13)14-6-4-5-12(2)11-14/h4-6,11,13,18H,3,7-10H2,1-2H3. The molecular formula is C16H22O3. The molecule has 104 valence electrons. The van der Waals surface area contributed by atoms with Crippen LogP contribution in [-0.4, -0.2) is 17.7 Å². The number of carbonyl (C=O) groups excluding carboxylic acids is 1. The van der Waals surface area contributed by atoms with E-state index in [1.54, 1.807) is 0 Å². The van der Waals surface area contributed by atoms with Crippen LogP contribution in [0.2, 0.25) is 0 Å². The summed E-state index contributed by atoms with van der Waals surface area (Å²) in [4.78, 5) is 11.7. The molecule has 3 nitrogen and oxygen atoms in total. The molecule has 0 saturated heterocycles. The predicted octanol–water partition coefficient (Wildman–Crippen LogP) is 2.94. The number of esters is 1. The summed E-state index contributed by atoms with van der Waals surface area (Å²) in [5, 5.41) is 10.7. The van der Waals surface area contributed by atoms with E-state index in [4.69, 9.17) is 4.74 Å². The van der Waals surface area contributed by atoms with Crippen LogP contribution in [0.25, 0.3) is 0 Å². The van der Waals surface area contributed by atoms with Gasteiger partial charge in [0.2, 0.25) is 0 Å². The van der Waals surface area contributed by atoms with E-state index in [0.29, 0.717) is 32.3 Å². The third-order valence-electron chi connectivity index (χ3n) is 3.99. The average molecular weight is 262 g/mol. The summed E-state index contributed by atoms with van der Waals surface area (Å²) in [6.07, 6.45) is 2.65. The Bertz CT molecular complexity index is 445. The lowest BCUT2D eigenvalue weighted by Gasteiger charge is -2.35. The lowest BCUT2D eigenvalue weighted by molar-refractivity contribution is -0.151. The highest BCUT2D eigenvalue weighted by Gasteiger charge is 2.37. The third-order valence-corrected chi connectivity index (χ3v) is 3.99. The summed E-state index contributed by atoms with van der Waals surface area (Å²) < 4.78 is 5.05. The Morgan fingerprint density at radius 2 is 2.11 bits per heavy atom. The number of ether oxygens (including phenoxy) is 1. The highest BCUT2D eigenvalue weighted by atomic mass is 16.5.